The smallest absolute Gasteiger partial charge is 0.257 e. The Balaban J connectivity index is 1.43. The largest absolute Gasteiger partial charge is 0.461 e. The van der Waals surface area contributed by atoms with Crippen molar-refractivity contribution < 1.29 is 13.3 Å². The van der Waals surface area contributed by atoms with Gasteiger partial charge in [0.15, 0.2) is 17.4 Å². The van der Waals surface area contributed by atoms with Crippen LogP contribution in [0.2, 0.25) is 0 Å². The number of aromatic nitrogens is 4. The molecule has 142 valence electrons. The van der Waals surface area contributed by atoms with E-state index in [2.05, 4.69) is 20.1 Å². The Kier molecular flexibility index (Phi) is 4.53. The van der Waals surface area contributed by atoms with Crippen molar-refractivity contribution in [2.45, 2.75) is 10.8 Å². The van der Waals surface area contributed by atoms with Gasteiger partial charge < -0.3 is 8.94 Å². The molecule has 0 aliphatic rings. The molecule has 0 amide bonds. The first-order valence-electron chi connectivity index (χ1n) is 8.78. The highest BCUT2D eigenvalue weighted by atomic mass is 32.2. The van der Waals surface area contributed by atoms with Crippen LogP contribution in [0.3, 0.4) is 0 Å². The maximum Gasteiger partial charge on any atom is 0.257 e. The number of hydrogen-bond donors (Lipinski definition) is 0. The van der Waals surface area contributed by atoms with Crippen LogP contribution in [0.1, 0.15) is 5.82 Å². The Morgan fingerprint density at radius 3 is 2.59 bits per heavy atom. The van der Waals surface area contributed by atoms with Crippen molar-refractivity contribution in [3.63, 3.8) is 0 Å². The Labute approximate surface area is 168 Å². The summed E-state index contributed by atoms with van der Waals surface area (Å²) in [7, 11) is 0. The minimum Gasteiger partial charge on any atom is -0.461 e. The molecule has 0 radical (unpaired) electrons. The zero-order valence-corrected chi connectivity index (χ0v) is 15.8. The molecule has 5 rings (SSSR count). The van der Waals surface area contributed by atoms with Gasteiger partial charge in [-0.15, -0.1) is 0 Å². The third-order valence-corrected chi connectivity index (χ3v) is 5.19. The number of nitrogens with zero attached hydrogens (tertiary/aromatic N) is 4. The van der Waals surface area contributed by atoms with Crippen molar-refractivity contribution in [2.75, 3.05) is 0 Å². The van der Waals surface area contributed by atoms with Crippen LogP contribution in [0.15, 0.2) is 80.9 Å². The van der Waals surface area contributed by atoms with Crippen LogP contribution in [-0.2, 0) is 5.75 Å². The first-order chi connectivity index (χ1) is 14.3. The first kappa shape index (κ1) is 17.6. The van der Waals surface area contributed by atoms with Gasteiger partial charge in [-0.3, -0.25) is 0 Å². The molecule has 0 aliphatic carbocycles. The molecule has 0 saturated carbocycles. The van der Waals surface area contributed by atoms with E-state index in [-0.39, 0.29) is 5.82 Å². The molecular weight excluding hydrogens is 391 g/mol. The van der Waals surface area contributed by atoms with Crippen molar-refractivity contribution in [2.24, 2.45) is 0 Å². The first-order valence-corrected chi connectivity index (χ1v) is 9.77. The fourth-order valence-corrected chi connectivity index (χ4v) is 3.69. The maximum absolute atomic E-state index is 13.1. The minimum absolute atomic E-state index is 0.313. The van der Waals surface area contributed by atoms with Crippen LogP contribution >= 0.6 is 11.8 Å². The number of para-hydroxylation sites is 1. The summed E-state index contributed by atoms with van der Waals surface area (Å²) in [6.07, 6.45) is 1.59. The molecule has 0 spiro atoms. The van der Waals surface area contributed by atoms with Crippen LogP contribution in [0.25, 0.3) is 33.9 Å². The predicted octanol–water partition coefficient (Wildman–Crippen LogP) is 5.37. The molecule has 0 atom stereocenters. The molecule has 8 heteroatoms. The van der Waals surface area contributed by atoms with E-state index in [1.807, 2.05) is 30.3 Å². The lowest BCUT2D eigenvalue weighted by Gasteiger charge is -2.06. The lowest BCUT2D eigenvalue weighted by atomic mass is 10.2. The molecule has 0 aliphatic heterocycles. The number of fused-ring (bicyclic) bond motifs is 1. The highest BCUT2D eigenvalue weighted by molar-refractivity contribution is 7.98. The van der Waals surface area contributed by atoms with Crippen LogP contribution in [0.4, 0.5) is 4.39 Å². The van der Waals surface area contributed by atoms with E-state index in [9.17, 15) is 4.39 Å². The monoisotopic (exact) mass is 404 g/mol. The number of hydrogen-bond acceptors (Lipinski definition) is 7. The van der Waals surface area contributed by atoms with Gasteiger partial charge in [0.05, 0.1) is 17.5 Å². The minimum atomic E-state index is -0.313. The van der Waals surface area contributed by atoms with Gasteiger partial charge in [-0.05, 0) is 42.5 Å². The van der Waals surface area contributed by atoms with Gasteiger partial charge in [0, 0.05) is 10.9 Å². The second-order valence-electron chi connectivity index (χ2n) is 6.16. The number of halogens is 1. The standard InChI is InChI=1S/C21H13FN4O2S/c22-14-9-7-13(8-10-14)20-24-18(26-28-20)12-29-21-15-4-1-2-5-16(15)23-19(25-21)17-6-3-11-27-17/h1-11H,12H2. The summed E-state index contributed by atoms with van der Waals surface area (Å²) < 4.78 is 23.8. The molecule has 0 unspecified atom stereocenters. The van der Waals surface area contributed by atoms with E-state index in [1.54, 1.807) is 24.5 Å². The number of thioether (sulfide) groups is 1. The van der Waals surface area contributed by atoms with Gasteiger partial charge in [-0.2, -0.15) is 4.98 Å². The Hall–Kier alpha value is -3.52. The van der Waals surface area contributed by atoms with Crippen LogP contribution in [-0.4, -0.2) is 20.1 Å². The lowest BCUT2D eigenvalue weighted by molar-refractivity contribution is 0.425. The van der Waals surface area contributed by atoms with Gasteiger partial charge in [-0.25, -0.2) is 14.4 Å². The Morgan fingerprint density at radius 1 is 0.897 bits per heavy atom. The zero-order chi connectivity index (χ0) is 19.6. The van der Waals surface area contributed by atoms with Crippen molar-refractivity contribution >= 4 is 22.7 Å². The number of furan rings is 1. The van der Waals surface area contributed by atoms with E-state index < -0.39 is 0 Å². The molecule has 0 bridgehead atoms. The van der Waals surface area contributed by atoms with Gasteiger partial charge in [0.1, 0.15) is 10.8 Å². The summed E-state index contributed by atoms with van der Waals surface area (Å²) in [6, 6.07) is 17.4. The quantitative estimate of drug-likeness (QED) is 0.288. The molecule has 0 fully saturated rings. The molecule has 3 aromatic heterocycles. The fraction of sp³-hybridized carbons (Fsp3) is 0.0476. The van der Waals surface area contributed by atoms with Crippen LogP contribution in [0, 0.1) is 5.82 Å². The topological polar surface area (TPSA) is 77.8 Å². The molecule has 2 aromatic carbocycles. The summed E-state index contributed by atoms with van der Waals surface area (Å²) in [6.45, 7) is 0. The average Bonchev–Trinajstić information content (AvgIpc) is 3.45. The third kappa shape index (κ3) is 3.62. The van der Waals surface area contributed by atoms with E-state index in [1.165, 1.54) is 23.9 Å². The highest BCUT2D eigenvalue weighted by Crippen LogP contribution is 2.30. The van der Waals surface area contributed by atoms with Crippen molar-refractivity contribution in [3.8, 4) is 23.0 Å². The zero-order valence-electron chi connectivity index (χ0n) is 14.9. The lowest BCUT2D eigenvalue weighted by Crippen LogP contribution is -1.94. The van der Waals surface area contributed by atoms with Gasteiger partial charge in [0.25, 0.3) is 5.89 Å². The number of rotatable bonds is 5. The van der Waals surface area contributed by atoms with Gasteiger partial charge >= 0.3 is 0 Å². The van der Waals surface area contributed by atoms with Crippen molar-refractivity contribution in [1.82, 2.24) is 20.1 Å². The second-order valence-corrected chi connectivity index (χ2v) is 7.12. The van der Waals surface area contributed by atoms with Crippen molar-refractivity contribution in [1.29, 1.82) is 0 Å². The summed E-state index contributed by atoms with van der Waals surface area (Å²) in [5.41, 5.74) is 1.50. The van der Waals surface area contributed by atoms with Crippen LogP contribution in [0.5, 0.6) is 0 Å². The maximum atomic E-state index is 13.1. The van der Waals surface area contributed by atoms with Crippen LogP contribution < -0.4 is 0 Å². The number of benzene rings is 2. The van der Waals surface area contributed by atoms with E-state index in [4.69, 9.17) is 8.94 Å². The Bertz CT molecular complexity index is 1270. The van der Waals surface area contributed by atoms with E-state index >= 15 is 0 Å². The van der Waals surface area contributed by atoms with E-state index in [0.29, 0.717) is 34.6 Å². The predicted molar refractivity (Wildman–Crippen MR) is 106 cm³/mol. The molecule has 0 saturated heterocycles. The second kappa shape index (κ2) is 7.48. The highest BCUT2D eigenvalue weighted by Gasteiger charge is 2.14. The fourth-order valence-electron chi connectivity index (χ4n) is 2.83. The summed E-state index contributed by atoms with van der Waals surface area (Å²) in [5, 5.41) is 5.76. The van der Waals surface area contributed by atoms with E-state index in [0.717, 1.165) is 15.9 Å². The molecule has 5 aromatic rings. The molecular formula is C21H13FN4O2S. The summed E-state index contributed by atoms with van der Waals surface area (Å²) in [5.74, 6) is 2.16. The summed E-state index contributed by atoms with van der Waals surface area (Å²) in [4.78, 5) is 13.6. The molecule has 6 nitrogen and oxygen atoms in total. The average molecular weight is 404 g/mol. The summed E-state index contributed by atoms with van der Waals surface area (Å²) >= 11 is 1.49. The third-order valence-electron chi connectivity index (χ3n) is 4.21. The van der Waals surface area contributed by atoms with Gasteiger partial charge in [0.2, 0.25) is 0 Å². The SMILES string of the molecule is Fc1ccc(-c2nc(CSc3nc(-c4ccco4)nc4ccccc34)no2)cc1. The molecule has 0 N–H and O–H groups in total. The normalized spacial score (nSPS) is 11.2. The Morgan fingerprint density at radius 2 is 1.76 bits per heavy atom. The van der Waals surface area contributed by atoms with Crippen molar-refractivity contribution in [3.05, 3.63) is 78.6 Å². The van der Waals surface area contributed by atoms with Gasteiger partial charge in [-0.1, -0.05) is 35.1 Å². The molecule has 29 heavy (non-hydrogen) atoms. The molecule has 3 heterocycles.